The summed E-state index contributed by atoms with van der Waals surface area (Å²) in [4.78, 5) is 14.3. The van der Waals surface area contributed by atoms with Crippen molar-refractivity contribution in [1.29, 1.82) is 0 Å². The minimum absolute atomic E-state index is 0.0790. The maximum absolute atomic E-state index is 12.5. The summed E-state index contributed by atoms with van der Waals surface area (Å²) in [6, 6.07) is 11.5. The Bertz CT molecular complexity index is 620. The van der Waals surface area contributed by atoms with Gasteiger partial charge in [-0.15, -0.1) is 0 Å². The fraction of sp³-hybridized carbons (Fsp3) is 0.267. The van der Waals surface area contributed by atoms with E-state index in [2.05, 4.69) is 28.9 Å². The van der Waals surface area contributed by atoms with E-state index in [9.17, 15) is 4.79 Å². The van der Waals surface area contributed by atoms with Gasteiger partial charge >= 0.3 is 0 Å². The van der Waals surface area contributed by atoms with Crippen LogP contribution in [0.4, 0.5) is 5.69 Å². The normalized spacial score (nSPS) is 18.2. The van der Waals surface area contributed by atoms with E-state index in [1.54, 1.807) is 12.1 Å². The highest BCUT2D eigenvalue weighted by Gasteiger charge is 2.28. The Labute approximate surface area is 120 Å². The van der Waals surface area contributed by atoms with Crippen molar-refractivity contribution in [3.05, 3.63) is 52.4 Å². The quantitative estimate of drug-likeness (QED) is 0.799. The van der Waals surface area contributed by atoms with Crippen LogP contribution < -0.4 is 4.90 Å². The van der Waals surface area contributed by atoms with Crippen LogP contribution in [0.1, 0.15) is 23.0 Å². The number of halogens is 1. The van der Waals surface area contributed by atoms with Crippen molar-refractivity contribution in [2.45, 2.75) is 13.3 Å². The first-order chi connectivity index (χ1) is 9.15. The van der Waals surface area contributed by atoms with Crippen LogP contribution in [-0.2, 0) is 6.42 Å². The largest absolute Gasteiger partial charge is 0.444 e. The molecule has 1 aromatic carbocycles. The van der Waals surface area contributed by atoms with Crippen molar-refractivity contribution in [3.63, 3.8) is 0 Å². The van der Waals surface area contributed by atoms with Crippen LogP contribution in [-0.4, -0.2) is 12.5 Å². The second-order valence-electron chi connectivity index (χ2n) is 4.96. The van der Waals surface area contributed by atoms with Crippen molar-refractivity contribution in [3.8, 4) is 0 Å². The lowest BCUT2D eigenvalue weighted by atomic mass is 9.94. The summed E-state index contributed by atoms with van der Waals surface area (Å²) in [5.74, 6) is 0.748. The van der Waals surface area contributed by atoms with E-state index in [1.165, 1.54) is 5.56 Å². The van der Waals surface area contributed by atoms with Crippen molar-refractivity contribution < 1.29 is 9.21 Å². The lowest BCUT2D eigenvalue weighted by molar-refractivity contribution is 0.0953. The van der Waals surface area contributed by atoms with Gasteiger partial charge in [0.15, 0.2) is 10.4 Å². The van der Waals surface area contributed by atoms with Crippen LogP contribution in [0.3, 0.4) is 0 Å². The minimum Gasteiger partial charge on any atom is -0.444 e. The van der Waals surface area contributed by atoms with Gasteiger partial charge in [-0.05, 0) is 52.0 Å². The Morgan fingerprint density at radius 2 is 2.11 bits per heavy atom. The van der Waals surface area contributed by atoms with Crippen molar-refractivity contribution in [2.24, 2.45) is 5.92 Å². The number of benzene rings is 1. The number of fused-ring (bicyclic) bond motifs is 1. The van der Waals surface area contributed by atoms with Gasteiger partial charge < -0.3 is 9.32 Å². The highest BCUT2D eigenvalue weighted by molar-refractivity contribution is 9.10. The molecule has 2 heterocycles. The number of hydrogen-bond acceptors (Lipinski definition) is 2. The van der Waals surface area contributed by atoms with Crippen molar-refractivity contribution in [1.82, 2.24) is 0 Å². The number of amides is 1. The van der Waals surface area contributed by atoms with Crippen molar-refractivity contribution >= 4 is 27.5 Å². The number of anilines is 1. The van der Waals surface area contributed by atoms with Gasteiger partial charge in [0.05, 0.1) is 0 Å². The van der Waals surface area contributed by atoms with Gasteiger partial charge in [-0.1, -0.05) is 25.1 Å². The van der Waals surface area contributed by atoms with E-state index < -0.39 is 0 Å². The highest BCUT2D eigenvalue weighted by atomic mass is 79.9. The predicted molar refractivity (Wildman–Crippen MR) is 77.4 cm³/mol. The smallest absolute Gasteiger partial charge is 0.294 e. The zero-order valence-corrected chi connectivity index (χ0v) is 12.2. The van der Waals surface area contributed by atoms with Crippen LogP contribution in [0, 0.1) is 5.92 Å². The molecular weight excluding hydrogens is 306 g/mol. The number of carbonyl (C=O) groups is 1. The molecule has 0 fully saturated rings. The SMILES string of the molecule is CC1Cc2ccccc2N(C(=O)c2ccc(Br)o2)C1. The predicted octanol–water partition coefficient (Wildman–Crippen LogP) is 3.88. The molecule has 1 amide bonds. The first-order valence-corrected chi connectivity index (χ1v) is 7.09. The molecule has 0 saturated heterocycles. The van der Waals surface area contributed by atoms with E-state index in [0.717, 1.165) is 18.7 Å². The summed E-state index contributed by atoms with van der Waals surface area (Å²) in [5, 5.41) is 0. The van der Waals surface area contributed by atoms with Crippen LogP contribution in [0.25, 0.3) is 0 Å². The number of carbonyl (C=O) groups excluding carboxylic acids is 1. The fourth-order valence-electron chi connectivity index (χ4n) is 2.55. The molecule has 1 aromatic heterocycles. The van der Waals surface area contributed by atoms with E-state index in [0.29, 0.717) is 16.3 Å². The number of para-hydroxylation sites is 1. The van der Waals surface area contributed by atoms with Gasteiger partial charge in [0.1, 0.15) is 0 Å². The zero-order valence-electron chi connectivity index (χ0n) is 10.6. The molecule has 0 aliphatic carbocycles. The van der Waals surface area contributed by atoms with Gasteiger partial charge in [-0.2, -0.15) is 0 Å². The van der Waals surface area contributed by atoms with Crippen LogP contribution >= 0.6 is 15.9 Å². The Kier molecular flexibility index (Phi) is 3.19. The standard InChI is InChI=1S/C15H14BrNO2/c1-10-8-11-4-2-3-5-12(11)17(9-10)15(18)13-6-7-14(16)19-13/h2-7,10H,8-9H2,1H3. The molecule has 2 aromatic rings. The van der Waals surface area contributed by atoms with Gasteiger partial charge in [0, 0.05) is 12.2 Å². The second kappa shape index (κ2) is 4.85. The highest BCUT2D eigenvalue weighted by Crippen LogP contribution is 2.31. The van der Waals surface area contributed by atoms with Crippen LogP contribution in [0.2, 0.25) is 0 Å². The molecule has 1 unspecified atom stereocenters. The van der Waals surface area contributed by atoms with E-state index in [4.69, 9.17) is 4.42 Å². The maximum atomic E-state index is 12.5. The average Bonchev–Trinajstić information content (AvgIpc) is 2.83. The Morgan fingerprint density at radius 1 is 1.32 bits per heavy atom. The number of hydrogen-bond donors (Lipinski definition) is 0. The fourth-order valence-corrected chi connectivity index (χ4v) is 2.86. The summed E-state index contributed by atoms with van der Waals surface area (Å²) < 4.78 is 5.95. The van der Waals surface area contributed by atoms with E-state index in [-0.39, 0.29) is 5.91 Å². The van der Waals surface area contributed by atoms with E-state index in [1.807, 2.05) is 23.1 Å². The molecule has 1 aliphatic heterocycles. The first kappa shape index (κ1) is 12.5. The molecule has 0 saturated carbocycles. The summed E-state index contributed by atoms with van der Waals surface area (Å²) >= 11 is 3.23. The molecule has 4 heteroatoms. The van der Waals surface area contributed by atoms with E-state index >= 15 is 0 Å². The second-order valence-corrected chi connectivity index (χ2v) is 5.74. The topological polar surface area (TPSA) is 33.5 Å². The molecule has 1 atom stereocenters. The average molecular weight is 320 g/mol. The molecular formula is C15H14BrNO2. The summed E-state index contributed by atoms with van der Waals surface area (Å²) in [6.45, 7) is 2.89. The van der Waals surface area contributed by atoms with Gasteiger partial charge in [0.25, 0.3) is 5.91 Å². The molecule has 0 N–H and O–H groups in total. The molecule has 98 valence electrons. The summed E-state index contributed by atoms with van der Waals surface area (Å²) in [7, 11) is 0. The number of rotatable bonds is 1. The lowest BCUT2D eigenvalue weighted by Gasteiger charge is -2.32. The van der Waals surface area contributed by atoms with Crippen LogP contribution in [0.5, 0.6) is 0 Å². The maximum Gasteiger partial charge on any atom is 0.294 e. The third-order valence-electron chi connectivity index (χ3n) is 3.37. The van der Waals surface area contributed by atoms with Crippen LogP contribution in [0.15, 0.2) is 45.5 Å². The first-order valence-electron chi connectivity index (χ1n) is 6.30. The molecule has 0 radical (unpaired) electrons. The molecule has 3 nitrogen and oxygen atoms in total. The zero-order chi connectivity index (χ0) is 13.4. The minimum atomic E-state index is -0.0790. The Hall–Kier alpha value is -1.55. The number of nitrogens with zero attached hydrogens (tertiary/aromatic N) is 1. The molecule has 1 aliphatic rings. The third-order valence-corrected chi connectivity index (χ3v) is 3.80. The summed E-state index contributed by atoms with van der Waals surface area (Å²) in [6.07, 6.45) is 1.02. The Balaban J connectivity index is 1.99. The Morgan fingerprint density at radius 3 is 2.84 bits per heavy atom. The lowest BCUT2D eigenvalue weighted by Crippen LogP contribution is -2.39. The monoisotopic (exact) mass is 319 g/mol. The van der Waals surface area contributed by atoms with Crippen molar-refractivity contribution in [2.75, 3.05) is 11.4 Å². The molecule has 3 rings (SSSR count). The third kappa shape index (κ3) is 2.32. The molecule has 0 bridgehead atoms. The van der Waals surface area contributed by atoms with Gasteiger partial charge in [-0.25, -0.2) is 0 Å². The van der Waals surface area contributed by atoms with Gasteiger partial charge in [-0.3, -0.25) is 4.79 Å². The number of furan rings is 1. The van der Waals surface area contributed by atoms with Gasteiger partial charge in [0.2, 0.25) is 0 Å². The summed E-state index contributed by atoms with van der Waals surface area (Å²) in [5.41, 5.74) is 2.22. The molecule has 19 heavy (non-hydrogen) atoms. The molecule has 0 spiro atoms.